The van der Waals surface area contributed by atoms with Gasteiger partial charge in [-0.25, -0.2) is 4.79 Å². The normalized spacial score (nSPS) is 11.2. The van der Waals surface area contributed by atoms with Crippen molar-refractivity contribution in [2.24, 2.45) is 0 Å². The van der Waals surface area contributed by atoms with Gasteiger partial charge in [0, 0.05) is 0 Å². The van der Waals surface area contributed by atoms with Gasteiger partial charge in [-0.3, -0.25) is 0 Å². The summed E-state index contributed by atoms with van der Waals surface area (Å²) in [6, 6.07) is 14.7. The first-order valence-corrected chi connectivity index (χ1v) is 6.27. The molecule has 3 nitrogen and oxygen atoms in total. The molecule has 0 bridgehead atoms. The number of carboxylic acid groups (broad SMARTS) is 1. The lowest BCUT2D eigenvalue weighted by Gasteiger charge is -2.07. The van der Waals surface area contributed by atoms with Crippen LogP contribution in [0.4, 0.5) is 0 Å². The quantitative estimate of drug-likeness (QED) is 0.680. The summed E-state index contributed by atoms with van der Waals surface area (Å²) in [5, 5.41) is 9.43. The van der Waals surface area contributed by atoms with E-state index in [0.29, 0.717) is 11.3 Å². The number of aryl methyl sites for hydroxylation is 1. The molecule has 2 aromatic carbocycles. The van der Waals surface area contributed by atoms with Crippen molar-refractivity contribution >= 4 is 17.6 Å². The van der Waals surface area contributed by atoms with Gasteiger partial charge in [0.15, 0.2) is 0 Å². The average molecular weight is 268 g/mol. The van der Waals surface area contributed by atoms with Crippen LogP contribution in [0.15, 0.2) is 48.5 Å². The second kappa shape index (κ2) is 6.06. The standard InChI is InChI=1S/C17H16O3/c1-12-6-3-4-7-13(12)11-16(17(18)19)14-8-5-9-15(10-14)20-2/h3-11H,1-2H3,(H,18,19)/b16-11+. The van der Waals surface area contributed by atoms with Crippen LogP contribution in [0.3, 0.4) is 0 Å². The molecule has 3 heteroatoms. The Morgan fingerprint density at radius 3 is 2.55 bits per heavy atom. The summed E-state index contributed by atoms with van der Waals surface area (Å²) >= 11 is 0. The number of hydrogen-bond donors (Lipinski definition) is 1. The van der Waals surface area contributed by atoms with E-state index in [1.54, 1.807) is 37.5 Å². The molecular formula is C17H16O3. The molecule has 1 N–H and O–H groups in total. The summed E-state index contributed by atoms with van der Waals surface area (Å²) in [5.74, 6) is -0.319. The highest BCUT2D eigenvalue weighted by Gasteiger charge is 2.11. The van der Waals surface area contributed by atoms with Gasteiger partial charge in [-0.1, -0.05) is 36.4 Å². The Labute approximate surface area is 118 Å². The van der Waals surface area contributed by atoms with Crippen molar-refractivity contribution in [2.45, 2.75) is 6.92 Å². The van der Waals surface area contributed by atoms with Gasteiger partial charge in [0.1, 0.15) is 5.75 Å². The number of carboxylic acids is 1. The van der Waals surface area contributed by atoms with Crippen LogP contribution in [0, 0.1) is 6.92 Å². The molecule has 0 spiro atoms. The molecule has 0 radical (unpaired) electrons. The van der Waals surface area contributed by atoms with E-state index in [4.69, 9.17) is 4.74 Å². The van der Waals surface area contributed by atoms with Crippen molar-refractivity contribution in [1.29, 1.82) is 0 Å². The van der Waals surface area contributed by atoms with Gasteiger partial charge in [0.25, 0.3) is 0 Å². The number of hydrogen-bond acceptors (Lipinski definition) is 2. The number of methoxy groups -OCH3 is 1. The summed E-state index contributed by atoms with van der Waals surface area (Å²) in [6.07, 6.45) is 1.69. The maximum Gasteiger partial charge on any atom is 0.336 e. The predicted octanol–water partition coefficient (Wildman–Crippen LogP) is 3.63. The van der Waals surface area contributed by atoms with Crippen molar-refractivity contribution in [2.75, 3.05) is 7.11 Å². The SMILES string of the molecule is COc1cccc(/C(=C\c2ccccc2C)C(=O)O)c1. The molecule has 2 aromatic rings. The van der Waals surface area contributed by atoms with E-state index in [9.17, 15) is 9.90 Å². The Balaban J connectivity index is 2.51. The monoisotopic (exact) mass is 268 g/mol. The predicted molar refractivity (Wildman–Crippen MR) is 79.7 cm³/mol. The fourth-order valence-electron chi connectivity index (χ4n) is 1.96. The number of ether oxygens (including phenoxy) is 1. The van der Waals surface area contributed by atoms with Gasteiger partial charge in [-0.15, -0.1) is 0 Å². The summed E-state index contributed by atoms with van der Waals surface area (Å²) in [7, 11) is 1.56. The first-order valence-electron chi connectivity index (χ1n) is 6.27. The fourth-order valence-corrected chi connectivity index (χ4v) is 1.96. The molecule has 0 saturated heterocycles. The molecule has 0 atom stereocenters. The molecule has 0 aliphatic heterocycles. The van der Waals surface area contributed by atoms with Crippen molar-refractivity contribution in [1.82, 2.24) is 0 Å². The molecule has 0 amide bonds. The van der Waals surface area contributed by atoms with Crippen LogP contribution in [0.2, 0.25) is 0 Å². The zero-order chi connectivity index (χ0) is 14.5. The topological polar surface area (TPSA) is 46.5 Å². The molecule has 20 heavy (non-hydrogen) atoms. The van der Waals surface area contributed by atoms with E-state index in [1.165, 1.54) is 0 Å². The van der Waals surface area contributed by atoms with Crippen molar-refractivity contribution in [3.05, 3.63) is 65.2 Å². The molecular weight excluding hydrogens is 252 g/mol. The van der Waals surface area contributed by atoms with Crippen LogP contribution >= 0.6 is 0 Å². The smallest absolute Gasteiger partial charge is 0.336 e. The van der Waals surface area contributed by atoms with Gasteiger partial charge in [-0.05, 0) is 41.8 Å². The van der Waals surface area contributed by atoms with E-state index in [1.807, 2.05) is 31.2 Å². The van der Waals surface area contributed by atoms with Crippen molar-refractivity contribution in [3.63, 3.8) is 0 Å². The molecule has 0 aliphatic rings. The Hall–Kier alpha value is -2.55. The number of benzene rings is 2. The number of aliphatic carboxylic acids is 1. The van der Waals surface area contributed by atoms with Gasteiger partial charge in [0.2, 0.25) is 0 Å². The zero-order valence-corrected chi connectivity index (χ0v) is 11.5. The number of carbonyl (C=O) groups is 1. The Kier molecular flexibility index (Phi) is 4.20. The van der Waals surface area contributed by atoms with Crippen LogP contribution in [0.1, 0.15) is 16.7 Å². The van der Waals surface area contributed by atoms with Crippen LogP contribution < -0.4 is 4.74 Å². The molecule has 0 aromatic heterocycles. The highest BCUT2D eigenvalue weighted by atomic mass is 16.5. The zero-order valence-electron chi connectivity index (χ0n) is 11.5. The van der Waals surface area contributed by atoms with Crippen molar-refractivity contribution < 1.29 is 14.6 Å². The first-order chi connectivity index (χ1) is 9.61. The molecule has 102 valence electrons. The molecule has 0 saturated carbocycles. The maximum absolute atomic E-state index is 11.5. The number of rotatable bonds is 4. The third kappa shape index (κ3) is 3.06. The minimum Gasteiger partial charge on any atom is -0.497 e. The lowest BCUT2D eigenvalue weighted by molar-refractivity contribution is -0.130. The fraction of sp³-hybridized carbons (Fsp3) is 0.118. The van der Waals surface area contributed by atoms with Crippen molar-refractivity contribution in [3.8, 4) is 5.75 Å². The van der Waals surface area contributed by atoms with Gasteiger partial charge >= 0.3 is 5.97 Å². The molecule has 0 fully saturated rings. The molecule has 0 aliphatic carbocycles. The third-order valence-electron chi connectivity index (χ3n) is 3.10. The largest absolute Gasteiger partial charge is 0.497 e. The lowest BCUT2D eigenvalue weighted by Crippen LogP contribution is -2.00. The summed E-state index contributed by atoms with van der Waals surface area (Å²) in [6.45, 7) is 1.96. The van der Waals surface area contributed by atoms with E-state index in [-0.39, 0.29) is 5.57 Å². The second-order valence-electron chi connectivity index (χ2n) is 4.45. The second-order valence-corrected chi connectivity index (χ2v) is 4.45. The van der Waals surface area contributed by atoms with Crippen LogP contribution in [-0.4, -0.2) is 18.2 Å². The summed E-state index contributed by atoms with van der Waals surface area (Å²) in [5.41, 5.74) is 2.81. The third-order valence-corrected chi connectivity index (χ3v) is 3.10. The molecule has 0 unspecified atom stereocenters. The Morgan fingerprint density at radius 1 is 1.15 bits per heavy atom. The minimum atomic E-state index is -0.957. The van der Waals surface area contributed by atoms with Gasteiger partial charge < -0.3 is 9.84 Å². The average Bonchev–Trinajstić information content (AvgIpc) is 2.46. The van der Waals surface area contributed by atoms with Crippen LogP contribution in [-0.2, 0) is 4.79 Å². The van der Waals surface area contributed by atoms with Gasteiger partial charge in [0.05, 0.1) is 12.7 Å². The lowest BCUT2D eigenvalue weighted by atomic mass is 10.0. The minimum absolute atomic E-state index is 0.248. The highest BCUT2D eigenvalue weighted by molar-refractivity contribution is 6.20. The van der Waals surface area contributed by atoms with Gasteiger partial charge in [-0.2, -0.15) is 0 Å². The van der Waals surface area contributed by atoms with E-state index in [2.05, 4.69) is 0 Å². The molecule has 0 heterocycles. The summed E-state index contributed by atoms with van der Waals surface area (Å²) < 4.78 is 5.14. The highest BCUT2D eigenvalue weighted by Crippen LogP contribution is 2.23. The first kappa shape index (κ1) is 13.9. The summed E-state index contributed by atoms with van der Waals surface area (Å²) in [4.78, 5) is 11.5. The van der Waals surface area contributed by atoms with E-state index in [0.717, 1.165) is 11.1 Å². The van der Waals surface area contributed by atoms with E-state index >= 15 is 0 Å². The van der Waals surface area contributed by atoms with Crippen LogP contribution in [0.25, 0.3) is 11.6 Å². The Morgan fingerprint density at radius 2 is 1.90 bits per heavy atom. The van der Waals surface area contributed by atoms with E-state index < -0.39 is 5.97 Å². The maximum atomic E-state index is 11.5. The van der Waals surface area contributed by atoms with Crippen LogP contribution in [0.5, 0.6) is 5.75 Å². The molecule has 2 rings (SSSR count). The Bertz CT molecular complexity index is 657.